The van der Waals surface area contributed by atoms with Gasteiger partial charge in [-0.2, -0.15) is 0 Å². The molecular formula is C14H13BrClFN2. The number of hydrogen-bond donors (Lipinski definition) is 1. The summed E-state index contributed by atoms with van der Waals surface area (Å²) in [5.74, 6) is -0.323. The number of nitrogens with one attached hydrogen (secondary N) is 1. The summed E-state index contributed by atoms with van der Waals surface area (Å²) in [6.45, 7) is 0. The van der Waals surface area contributed by atoms with E-state index in [2.05, 4.69) is 26.2 Å². The average molecular weight is 344 g/mol. The van der Waals surface area contributed by atoms with Crippen molar-refractivity contribution in [1.29, 1.82) is 0 Å². The lowest BCUT2D eigenvalue weighted by Crippen LogP contribution is -2.20. The van der Waals surface area contributed by atoms with Gasteiger partial charge in [-0.05, 0) is 59.2 Å². The second-order valence-corrected chi connectivity index (χ2v) is 5.51. The van der Waals surface area contributed by atoms with Gasteiger partial charge in [0.05, 0.1) is 11.7 Å². The third-order valence-electron chi connectivity index (χ3n) is 2.89. The molecule has 1 N–H and O–H groups in total. The number of aromatic nitrogens is 1. The standard InChI is InChI=1S/C14H13BrClFN2/c1-18-14(13-5-3-10(15)8-19-13)6-9-2-4-11(17)7-12(9)16/h2-5,7-8,14,18H,6H2,1H3. The molecule has 0 radical (unpaired) electrons. The third kappa shape index (κ3) is 3.75. The molecule has 0 spiro atoms. The molecular weight excluding hydrogens is 331 g/mol. The second kappa shape index (κ2) is 6.46. The number of rotatable bonds is 4. The molecule has 0 saturated heterocycles. The Hall–Kier alpha value is -0.970. The van der Waals surface area contributed by atoms with E-state index in [1.807, 2.05) is 19.2 Å². The molecule has 1 atom stereocenters. The number of hydrogen-bond acceptors (Lipinski definition) is 2. The molecule has 0 aliphatic heterocycles. The van der Waals surface area contributed by atoms with Crippen LogP contribution in [-0.4, -0.2) is 12.0 Å². The monoisotopic (exact) mass is 342 g/mol. The van der Waals surface area contributed by atoms with Gasteiger partial charge < -0.3 is 5.32 Å². The highest BCUT2D eigenvalue weighted by Gasteiger charge is 2.13. The minimum absolute atomic E-state index is 0.0380. The highest BCUT2D eigenvalue weighted by molar-refractivity contribution is 9.10. The molecule has 0 saturated carbocycles. The quantitative estimate of drug-likeness (QED) is 0.902. The Bertz CT molecular complexity index is 560. The van der Waals surface area contributed by atoms with Crippen molar-refractivity contribution >= 4 is 27.5 Å². The van der Waals surface area contributed by atoms with Gasteiger partial charge >= 0.3 is 0 Å². The minimum Gasteiger partial charge on any atom is -0.311 e. The van der Waals surface area contributed by atoms with Gasteiger partial charge in [0.1, 0.15) is 5.82 Å². The molecule has 0 aliphatic carbocycles. The lowest BCUT2D eigenvalue weighted by molar-refractivity contribution is 0.574. The fourth-order valence-corrected chi connectivity index (χ4v) is 2.33. The van der Waals surface area contributed by atoms with E-state index in [1.54, 1.807) is 12.3 Å². The summed E-state index contributed by atoms with van der Waals surface area (Å²) in [6, 6.07) is 8.39. The predicted octanol–water partition coefficient (Wildman–Crippen LogP) is 4.14. The van der Waals surface area contributed by atoms with Crippen LogP contribution < -0.4 is 5.32 Å². The van der Waals surface area contributed by atoms with Gasteiger partial charge in [-0.1, -0.05) is 17.7 Å². The summed E-state index contributed by atoms with van der Waals surface area (Å²) in [4.78, 5) is 4.37. The molecule has 100 valence electrons. The van der Waals surface area contributed by atoms with E-state index in [0.717, 1.165) is 15.7 Å². The summed E-state index contributed by atoms with van der Waals surface area (Å²) >= 11 is 9.40. The zero-order valence-corrected chi connectivity index (χ0v) is 12.7. The Morgan fingerprint density at radius 1 is 1.37 bits per heavy atom. The molecule has 5 heteroatoms. The second-order valence-electron chi connectivity index (χ2n) is 4.18. The smallest absolute Gasteiger partial charge is 0.124 e. The maximum absolute atomic E-state index is 13.0. The Morgan fingerprint density at radius 2 is 2.16 bits per heavy atom. The fourth-order valence-electron chi connectivity index (χ4n) is 1.86. The Labute approximate surface area is 125 Å². The van der Waals surface area contributed by atoms with Gasteiger partial charge in [-0.15, -0.1) is 0 Å². The SMILES string of the molecule is CNC(Cc1ccc(F)cc1Cl)c1ccc(Br)cn1. The first-order valence-electron chi connectivity index (χ1n) is 5.83. The number of benzene rings is 1. The highest BCUT2D eigenvalue weighted by atomic mass is 79.9. The summed E-state index contributed by atoms with van der Waals surface area (Å²) in [6.07, 6.45) is 2.41. The summed E-state index contributed by atoms with van der Waals surface area (Å²) in [5.41, 5.74) is 1.82. The van der Waals surface area contributed by atoms with Crippen LogP contribution in [0.3, 0.4) is 0 Å². The molecule has 0 amide bonds. The normalized spacial score (nSPS) is 12.4. The zero-order valence-electron chi connectivity index (χ0n) is 10.3. The molecule has 2 nitrogen and oxygen atoms in total. The van der Waals surface area contributed by atoms with E-state index in [4.69, 9.17) is 11.6 Å². The summed E-state index contributed by atoms with van der Waals surface area (Å²) in [5, 5.41) is 3.64. The van der Waals surface area contributed by atoms with Gasteiger partial charge in [-0.25, -0.2) is 4.39 Å². The van der Waals surface area contributed by atoms with Crippen LogP contribution in [0.5, 0.6) is 0 Å². The Balaban J connectivity index is 2.21. The first-order valence-corrected chi connectivity index (χ1v) is 7.00. The molecule has 1 aromatic carbocycles. The Kier molecular flexibility index (Phi) is 4.91. The van der Waals surface area contributed by atoms with Crippen LogP contribution in [0.2, 0.25) is 5.02 Å². The molecule has 1 unspecified atom stereocenters. The zero-order chi connectivity index (χ0) is 13.8. The summed E-state index contributed by atoms with van der Waals surface area (Å²) < 4.78 is 14.0. The van der Waals surface area contributed by atoms with Crippen molar-refractivity contribution in [1.82, 2.24) is 10.3 Å². The fraction of sp³-hybridized carbons (Fsp3) is 0.214. The molecule has 0 bridgehead atoms. The molecule has 19 heavy (non-hydrogen) atoms. The lowest BCUT2D eigenvalue weighted by Gasteiger charge is -2.16. The highest BCUT2D eigenvalue weighted by Crippen LogP contribution is 2.24. The number of pyridine rings is 1. The molecule has 1 heterocycles. The van der Waals surface area contributed by atoms with E-state index in [9.17, 15) is 4.39 Å². The maximum atomic E-state index is 13.0. The molecule has 0 fully saturated rings. The van der Waals surface area contributed by atoms with Crippen LogP contribution in [0, 0.1) is 5.82 Å². The van der Waals surface area contributed by atoms with E-state index in [-0.39, 0.29) is 11.9 Å². The average Bonchev–Trinajstić information content (AvgIpc) is 2.39. The van der Waals surface area contributed by atoms with Gasteiger partial charge in [0, 0.05) is 15.7 Å². The van der Waals surface area contributed by atoms with Crippen molar-refractivity contribution in [2.75, 3.05) is 7.05 Å². The van der Waals surface area contributed by atoms with Crippen molar-refractivity contribution in [2.45, 2.75) is 12.5 Å². The number of nitrogens with zero attached hydrogens (tertiary/aromatic N) is 1. The molecule has 2 aromatic rings. The van der Waals surface area contributed by atoms with E-state index in [1.165, 1.54) is 12.1 Å². The first-order chi connectivity index (χ1) is 9.10. The van der Waals surface area contributed by atoms with E-state index >= 15 is 0 Å². The number of halogens is 3. The molecule has 0 aliphatic rings. The lowest BCUT2D eigenvalue weighted by atomic mass is 10.0. The van der Waals surface area contributed by atoms with E-state index in [0.29, 0.717) is 11.4 Å². The van der Waals surface area contributed by atoms with Crippen LogP contribution in [0.4, 0.5) is 4.39 Å². The first kappa shape index (κ1) is 14.4. The van der Waals surface area contributed by atoms with Crippen LogP contribution in [0.15, 0.2) is 41.0 Å². The van der Waals surface area contributed by atoms with Crippen LogP contribution in [-0.2, 0) is 6.42 Å². The van der Waals surface area contributed by atoms with Gasteiger partial charge in [0.25, 0.3) is 0 Å². The van der Waals surface area contributed by atoms with Crippen LogP contribution in [0.1, 0.15) is 17.3 Å². The van der Waals surface area contributed by atoms with Crippen molar-refractivity contribution in [3.63, 3.8) is 0 Å². The van der Waals surface area contributed by atoms with Gasteiger partial charge in [0.15, 0.2) is 0 Å². The third-order valence-corrected chi connectivity index (χ3v) is 3.72. The van der Waals surface area contributed by atoms with Crippen molar-refractivity contribution in [3.8, 4) is 0 Å². The predicted molar refractivity (Wildman–Crippen MR) is 78.9 cm³/mol. The summed E-state index contributed by atoms with van der Waals surface area (Å²) in [7, 11) is 1.87. The largest absolute Gasteiger partial charge is 0.311 e. The van der Waals surface area contributed by atoms with Crippen LogP contribution >= 0.6 is 27.5 Å². The molecule has 2 rings (SSSR count). The maximum Gasteiger partial charge on any atom is 0.124 e. The van der Waals surface area contributed by atoms with Crippen LogP contribution in [0.25, 0.3) is 0 Å². The van der Waals surface area contributed by atoms with Gasteiger partial charge in [-0.3, -0.25) is 4.98 Å². The minimum atomic E-state index is -0.323. The number of likely N-dealkylation sites (N-methyl/N-ethyl adjacent to an activating group) is 1. The van der Waals surface area contributed by atoms with E-state index < -0.39 is 0 Å². The molecule has 1 aromatic heterocycles. The Morgan fingerprint density at radius 3 is 2.74 bits per heavy atom. The topological polar surface area (TPSA) is 24.9 Å². The van der Waals surface area contributed by atoms with Crippen molar-refractivity contribution < 1.29 is 4.39 Å². The van der Waals surface area contributed by atoms with Crippen molar-refractivity contribution in [2.24, 2.45) is 0 Å². The van der Waals surface area contributed by atoms with Crippen molar-refractivity contribution in [3.05, 3.63) is 63.1 Å². The van der Waals surface area contributed by atoms with Gasteiger partial charge in [0.2, 0.25) is 0 Å².